The van der Waals surface area contributed by atoms with Gasteiger partial charge in [-0.05, 0) is 11.2 Å². The van der Waals surface area contributed by atoms with E-state index >= 15 is 0 Å². The molecule has 0 aromatic rings. The van der Waals surface area contributed by atoms with E-state index in [1.165, 1.54) is 6.92 Å². The van der Waals surface area contributed by atoms with Crippen LogP contribution in [-0.2, 0) is 25.6 Å². The first-order valence-electron chi connectivity index (χ1n) is 5.34. The molecule has 6 nitrogen and oxygen atoms in total. The molecule has 0 aliphatic carbocycles. The minimum absolute atomic E-state index is 0.0202. The molecule has 1 heterocycles. The van der Waals surface area contributed by atoms with Gasteiger partial charge >= 0.3 is 5.97 Å². The van der Waals surface area contributed by atoms with E-state index in [9.17, 15) is 18.9 Å². The van der Waals surface area contributed by atoms with E-state index in [1.54, 1.807) is 6.92 Å². The van der Waals surface area contributed by atoms with Gasteiger partial charge in [0.15, 0.2) is 17.0 Å². The van der Waals surface area contributed by atoms with Crippen molar-refractivity contribution in [3.63, 3.8) is 0 Å². The van der Waals surface area contributed by atoms with Gasteiger partial charge in [0.2, 0.25) is 5.91 Å². The highest BCUT2D eigenvalue weighted by atomic mass is 32.2. The topological polar surface area (TPSA) is 97.7 Å². The molecule has 1 aliphatic heterocycles. The van der Waals surface area contributed by atoms with Crippen LogP contribution in [0.4, 0.5) is 0 Å². The lowest BCUT2D eigenvalue weighted by molar-refractivity contribution is -0.148. The van der Waals surface area contributed by atoms with Gasteiger partial charge in [-0.15, -0.1) is 0 Å². The number of carboxylic acid groups (broad SMARTS) is 1. The van der Waals surface area contributed by atoms with Gasteiger partial charge in [0.25, 0.3) is 0 Å². The van der Waals surface area contributed by atoms with E-state index in [-0.39, 0.29) is 22.7 Å². The third-order valence-corrected chi connectivity index (χ3v) is 4.86. The van der Waals surface area contributed by atoms with E-state index in [1.807, 2.05) is 0 Å². The molecule has 1 amide bonds. The van der Waals surface area contributed by atoms with Crippen LogP contribution in [0.1, 0.15) is 13.8 Å². The Morgan fingerprint density at radius 2 is 2.17 bits per heavy atom. The summed E-state index contributed by atoms with van der Waals surface area (Å²) < 4.78 is 11.4. The predicted octanol–water partition coefficient (Wildman–Crippen LogP) is -0.0962. The fourth-order valence-electron chi connectivity index (χ4n) is 1.58. The number of carboxylic acids is 1. The van der Waals surface area contributed by atoms with Gasteiger partial charge in [-0.25, -0.2) is 4.79 Å². The number of thioether (sulfide) groups is 1. The van der Waals surface area contributed by atoms with E-state index < -0.39 is 29.1 Å². The van der Waals surface area contributed by atoms with Crippen LogP contribution in [0, 0.1) is 5.92 Å². The molecule has 3 atom stereocenters. The van der Waals surface area contributed by atoms with Crippen molar-refractivity contribution < 1.29 is 24.0 Å². The molecule has 8 heteroatoms. The summed E-state index contributed by atoms with van der Waals surface area (Å²) in [5, 5.41) is 8.87. The minimum Gasteiger partial charge on any atom is -0.615 e. The van der Waals surface area contributed by atoms with Crippen molar-refractivity contribution in [1.29, 1.82) is 0 Å². The summed E-state index contributed by atoms with van der Waals surface area (Å²) >= 11 is -0.276. The zero-order chi connectivity index (χ0) is 13.9. The summed E-state index contributed by atoms with van der Waals surface area (Å²) in [5.41, 5.74) is 0. The number of rotatable bonds is 4. The molecule has 0 aromatic heterocycles. The Morgan fingerprint density at radius 1 is 1.56 bits per heavy atom. The standard InChI is InChI=1S/C10H15NO5S2/c1-6(3-17-7(2)12)9(13)11-5-18(16)4-8(11)10(14)15/h6,8H,3-5H2,1-2H3,(H,14,15). The van der Waals surface area contributed by atoms with E-state index in [2.05, 4.69) is 0 Å². The molecule has 18 heavy (non-hydrogen) atoms. The highest BCUT2D eigenvalue weighted by molar-refractivity contribution is 8.13. The Kier molecular flexibility index (Phi) is 5.48. The molecular formula is C10H15NO5S2. The molecule has 0 spiro atoms. The summed E-state index contributed by atoms with van der Waals surface area (Å²) in [5.74, 6) is -1.71. The average molecular weight is 293 g/mol. The summed E-state index contributed by atoms with van der Waals surface area (Å²) in [6, 6.07) is -1.01. The van der Waals surface area contributed by atoms with Gasteiger partial charge in [-0.1, -0.05) is 18.7 Å². The molecule has 0 saturated carbocycles. The van der Waals surface area contributed by atoms with Crippen LogP contribution in [0.3, 0.4) is 0 Å². The van der Waals surface area contributed by atoms with Gasteiger partial charge in [-0.2, -0.15) is 0 Å². The van der Waals surface area contributed by atoms with Gasteiger partial charge in [0.1, 0.15) is 5.75 Å². The Labute approximate surface area is 112 Å². The van der Waals surface area contributed by atoms with E-state index in [4.69, 9.17) is 5.11 Å². The largest absolute Gasteiger partial charge is 0.615 e. The maximum atomic E-state index is 12.0. The molecule has 102 valence electrons. The summed E-state index contributed by atoms with van der Waals surface area (Å²) in [7, 11) is 0. The zero-order valence-electron chi connectivity index (χ0n) is 10.1. The van der Waals surface area contributed by atoms with E-state index in [0.717, 1.165) is 16.7 Å². The second kappa shape index (κ2) is 6.44. The molecule has 1 fully saturated rings. The molecule has 3 unspecified atom stereocenters. The molecule has 1 rings (SSSR count). The quantitative estimate of drug-likeness (QED) is 0.727. The minimum atomic E-state index is -1.30. The molecule has 0 radical (unpaired) electrons. The number of carbonyl (C=O) groups is 3. The normalized spacial score (nSPS) is 24.9. The Hall–Kier alpha value is -0.730. The van der Waals surface area contributed by atoms with Crippen molar-refractivity contribution in [3.05, 3.63) is 0 Å². The van der Waals surface area contributed by atoms with Gasteiger partial charge < -0.3 is 9.66 Å². The third kappa shape index (κ3) is 3.89. The van der Waals surface area contributed by atoms with Crippen LogP contribution in [0.5, 0.6) is 0 Å². The lowest BCUT2D eigenvalue weighted by Gasteiger charge is -2.21. The second-order valence-electron chi connectivity index (χ2n) is 4.10. The lowest BCUT2D eigenvalue weighted by Crippen LogP contribution is -2.44. The molecule has 1 saturated heterocycles. The van der Waals surface area contributed by atoms with Crippen molar-refractivity contribution in [1.82, 2.24) is 4.90 Å². The summed E-state index contributed by atoms with van der Waals surface area (Å²) in [6.45, 7) is 3.05. The first kappa shape index (κ1) is 15.3. The number of aliphatic carboxylic acids is 1. The van der Waals surface area contributed by atoms with Crippen LogP contribution in [-0.4, -0.2) is 55.0 Å². The molecular weight excluding hydrogens is 278 g/mol. The monoisotopic (exact) mass is 293 g/mol. The highest BCUT2D eigenvalue weighted by Gasteiger charge is 2.43. The summed E-state index contributed by atoms with van der Waals surface area (Å²) in [6.07, 6.45) is 0. The highest BCUT2D eigenvalue weighted by Crippen LogP contribution is 2.20. The summed E-state index contributed by atoms with van der Waals surface area (Å²) in [4.78, 5) is 34.9. The molecule has 0 aromatic carbocycles. The number of hydrogen-bond acceptors (Lipinski definition) is 5. The molecule has 1 aliphatic rings. The lowest BCUT2D eigenvalue weighted by atomic mass is 10.1. The first-order chi connectivity index (χ1) is 8.32. The van der Waals surface area contributed by atoms with Crippen molar-refractivity contribution in [2.45, 2.75) is 19.9 Å². The Morgan fingerprint density at radius 3 is 2.67 bits per heavy atom. The third-order valence-electron chi connectivity index (χ3n) is 2.53. The van der Waals surface area contributed by atoms with Crippen molar-refractivity contribution >= 4 is 39.9 Å². The van der Waals surface area contributed by atoms with Crippen LogP contribution in [0.15, 0.2) is 0 Å². The zero-order valence-corrected chi connectivity index (χ0v) is 11.8. The average Bonchev–Trinajstić information content (AvgIpc) is 2.67. The number of amides is 1. The Balaban J connectivity index is 2.64. The maximum absolute atomic E-state index is 12.0. The van der Waals surface area contributed by atoms with Crippen molar-refractivity contribution in [3.8, 4) is 0 Å². The van der Waals surface area contributed by atoms with Crippen LogP contribution in [0.2, 0.25) is 0 Å². The number of carbonyl (C=O) groups excluding carboxylic acids is 2. The predicted molar refractivity (Wildman–Crippen MR) is 68.4 cm³/mol. The second-order valence-corrected chi connectivity index (χ2v) is 6.77. The van der Waals surface area contributed by atoms with Crippen molar-refractivity contribution in [2.75, 3.05) is 17.4 Å². The number of hydrogen-bond donors (Lipinski definition) is 1. The van der Waals surface area contributed by atoms with E-state index in [0.29, 0.717) is 5.75 Å². The van der Waals surface area contributed by atoms with Crippen LogP contribution < -0.4 is 0 Å². The fourth-order valence-corrected chi connectivity index (χ4v) is 3.61. The van der Waals surface area contributed by atoms with Gasteiger partial charge in [0, 0.05) is 18.6 Å². The van der Waals surface area contributed by atoms with Crippen molar-refractivity contribution in [2.24, 2.45) is 5.92 Å². The van der Waals surface area contributed by atoms with Gasteiger partial charge in [-0.3, -0.25) is 14.5 Å². The Bertz CT molecular complexity index is 362. The van der Waals surface area contributed by atoms with Crippen LogP contribution in [0.25, 0.3) is 0 Å². The smallest absolute Gasteiger partial charge is 0.331 e. The maximum Gasteiger partial charge on any atom is 0.331 e. The number of nitrogens with zero attached hydrogens (tertiary/aromatic N) is 1. The van der Waals surface area contributed by atoms with Gasteiger partial charge in [0.05, 0.1) is 0 Å². The molecule has 1 N–H and O–H groups in total. The first-order valence-corrected chi connectivity index (χ1v) is 7.82. The van der Waals surface area contributed by atoms with Crippen LogP contribution >= 0.6 is 11.8 Å². The fraction of sp³-hybridized carbons (Fsp3) is 0.700. The molecule has 0 bridgehead atoms. The SMILES string of the molecule is CC(=O)SCC(C)C(=O)N1C[S+]([O-])CC1C(=O)O.